The van der Waals surface area contributed by atoms with Crippen LogP contribution in [0, 0.1) is 17.2 Å². The molecule has 0 aliphatic rings. The molecule has 0 saturated heterocycles. The highest BCUT2D eigenvalue weighted by Crippen LogP contribution is 2.34. The van der Waals surface area contributed by atoms with E-state index in [-0.39, 0.29) is 29.0 Å². The van der Waals surface area contributed by atoms with Gasteiger partial charge in [0.15, 0.2) is 5.65 Å². The second kappa shape index (κ2) is 9.72. The number of halogens is 1. The third-order valence-corrected chi connectivity index (χ3v) is 5.92. The lowest BCUT2D eigenvalue weighted by molar-refractivity contribution is -0.120. The highest BCUT2D eigenvalue weighted by atomic mass is 79.9. The quantitative estimate of drug-likeness (QED) is 0.459. The van der Waals surface area contributed by atoms with Crippen LogP contribution in [0.3, 0.4) is 0 Å². The summed E-state index contributed by atoms with van der Waals surface area (Å²) in [6.45, 7) is 4.09. The number of rotatable bonds is 8. The zero-order valence-corrected chi connectivity index (χ0v) is 18.6. The fraction of sp³-hybridized carbons (Fsp3) is 0.364. The fourth-order valence-electron chi connectivity index (χ4n) is 3.53. The predicted octanol–water partition coefficient (Wildman–Crippen LogP) is 4.87. The third-order valence-electron chi connectivity index (χ3n) is 5.17. The van der Waals surface area contributed by atoms with Crippen molar-refractivity contribution in [3.8, 4) is 17.2 Å². The van der Waals surface area contributed by atoms with Gasteiger partial charge in [-0.15, -0.1) is 0 Å². The normalized spacial score (nSPS) is 11.9. The minimum atomic E-state index is -0.486. The molecule has 156 valence electrons. The van der Waals surface area contributed by atoms with Crippen LogP contribution >= 0.6 is 15.9 Å². The number of H-pyrrole nitrogens is 1. The van der Waals surface area contributed by atoms with Gasteiger partial charge in [0.1, 0.15) is 16.2 Å². The van der Waals surface area contributed by atoms with E-state index in [0.29, 0.717) is 16.6 Å². The molecule has 2 heterocycles. The zero-order chi connectivity index (χ0) is 21.7. The van der Waals surface area contributed by atoms with E-state index >= 15 is 0 Å². The molecule has 3 aromatic rings. The van der Waals surface area contributed by atoms with Crippen LogP contribution in [0.2, 0.25) is 0 Å². The standard InChI is InChI=1S/C22H24BrN5O2/c1-3-5-7-10-14(4-2)20(29)26-21-25-19-16(13-24)17(15-11-8-6-9-12-15)18(23)28(19)22(30)27-21/h6,8-9,11-12,14H,3-5,7,10H2,1-2H3,(H2,25,26,27,29,30). The maximum atomic E-state index is 12.7. The Labute approximate surface area is 183 Å². The highest BCUT2D eigenvalue weighted by molar-refractivity contribution is 9.10. The Morgan fingerprint density at radius 3 is 2.67 bits per heavy atom. The second-order valence-electron chi connectivity index (χ2n) is 7.16. The summed E-state index contributed by atoms with van der Waals surface area (Å²) >= 11 is 3.44. The summed E-state index contributed by atoms with van der Waals surface area (Å²) in [5.74, 6) is -0.270. The topological polar surface area (TPSA) is 103 Å². The molecule has 2 N–H and O–H groups in total. The van der Waals surface area contributed by atoms with E-state index in [1.54, 1.807) is 0 Å². The zero-order valence-electron chi connectivity index (χ0n) is 17.0. The van der Waals surface area contributed by atoms with Crippen LogP contribution in [-0.4, -0.2) is 20.3 Å². The van der Waals surface area contributed by atoms with E-state index in [9.17, 15) is 14.9 Å². The first-order chi connectivity index (χ1) is 14.5. The SMILES string of the molecule is CCCCCC(CC)C(=O)Nc1nc2c(C#N)c(-c3ccccc3)c(Br)n2c(=O)[nH]1. The Kier molecular flexibility index (Phi) is 7.06. The Morgan fingerprint density at radius 2 is 2.03 bits per heavy atom. The van der Waals surface area contributed by atoms with E-state index in [4.69, 9.17) is 0 Å². The Morgan fingerprint density at radius 1 is 1.30 bits per heavy atom. The van der Waals surface area contributed by atoms with Crippen molar-refractivity contribution < 1.29 is 4.79 Å². The molecule has 0 aliphatic heterocycles. The number of anilines is 1. The molecule has 1 aromatic carbocycles. The molecule has 0 fully saturated rings. The van der Waals surface area contributed by atoms with Gasteiger partial charge in [-0.05, 0) is 34.3 Å². The number of nitriles is 1. The van der Waals surface area contributed by atoms with Crippen molar-refractivity contribution in [2.45, 2.75) is 46.0 Å². The van der Waals surface area contributed by atoms with Crippen LogP contribution in [0.25, 0.3) is 16.8 Å². The summed E-state index contributed by atoms with van der Waals surface area (Å²) in [5.41, 5.74) is 1.36. The first kappa shape index (κ1) is 21.8. The molecule has 1 atom stereocenters. The maximum Gasteiger partial charge on any atom is 0.334 e. The van der Waals surface area contributed by atoms with E-state index in [0.717, 1.165) is 31.2 Å². The molecule has 3 rings (SSSR count). The molecule has 0 bridgehead atoms. The van der Waals surface area contributed by atoms with Crippen LogP contribution in [0.1, 0.15) is 51.5 Å². The monoisotopic (exact) mass is 469 g/mol. The van der Waals surface area contributed by atoms with Crippen molar-refractivity contribution in [1.82, 2.24) is 14.4 Å². The average Bonchev–Trinajstić information content (AvgIpc) is 3.03. The van der Waals surface area contributed by atoms with E-state index in [1.807, 2.05) is 37.3 Å². The molecule has 1 amide bonds. The number of nitrogens with one attached hydrogen (secondary N) is 2. The first-order valence-electron chi connectivity index (χ1n) is 10.1. The van der Waals surface area contributed by atoms with Gasteiger partial charge in [-0.25, -0.2) is 9.20 Å². The lowest BCUT2D eigenvalue weighted by atomic mass is 9.98. The number of nitrogens with zero attached hydrogens (tertiary/aromatic N) is 3. The molecular formula is C22H24BrN5O2. The number of aromatic nitrogens is 3. The maximum absolute atomic E-state index is 12.7. The lowest BCUT2D eigenvalue weighted by Crippen LogP contribution is -2.27. The summed E-state index contributed by atoms with van der Waals surface area (Å²) in [6.07, 6.45) is 4.65. The van der Waals surface area contributed by atoms with Gasteiger partial charge in [-0.2, -0.15) is 10.2 Å². The van der Waals surface area contributed by atoms with Crippen molar-refractivity contribution >= 4 is 33.4 Å². The molecule has 0 spiro atoms. The van der Waals surface area contributed by atoms with Crippen LogP contribution < -0.4 is 11.0 Å². The van der Waals surface area contributed by atoms with Crippen molar-refractivity contribution in [3.05, 3.63) is 51.0 Å². The Balaban J connectivity index is 2.00. The van der Waals surface area contributed by atoms with Crippen molar-refractivity contribution in [1.29, 1.82) is 5.26 Å². The van der Waals surface area contributed by atoms with Crippen molar-refractivity contribution in [2.24, 2.45) is 5.92 Å². The predicted molar refractivity (Wildman–Crippen MR) is 120 cm³/mol. The molecule has 2 aromatic heterocycles. The Hall–Kier alpha value is -2.92. The van der Waals surface area contributed by atoms with Gasteiger partial charge in [0, 0.05) is 11.5 Å². The number of unbranched alkanes of at least 4 members (excludes halogenated alkanes) is 2. The summed E-state index contributed by atoms with van der Waals surface area (Å²) in [7, 11) is 0. The van der Waals surface area contributed by atoms with Crippen LogP contribution in [0.5, 0.6) is 0 Å². The van der Waals surface area contributed by atoms with Gasteiger partial charge >= 0.3 is 5.69 Å². The van der Waals surface area contributed by atoms with Crippen molar-refractivity contribution in [3.63, 3.8) is 0 Å². The third kappa shape index (κ3) is 4.31. The number of hydrogen-bond acceptors (Lipinski definition) is 4. The molecule has 30 heavy (non-hydrogen) atoms. The number of fused-ring (bicyclic) bond motifs is 1. The molecule has 0 radical (unpaired) electrons. The minimum Gasteiger partial charge on any atom is -0.296 e. The minimum absolute atomic E-state index is 0.0487. The molecule has 8 heteroatoms. The van der Waals surface area contributed by atoms with Gasteiger partial charge in [-0.1, -0.05) is 63.4 Å². The van der Waals surface area contributed by atoms with Crippen LogP contribution in [0.15, 0.2) is 39.7 Å². The van der Waals surface area contributed by atoms with E-state index < -0.39 is 5.69 Å². The van der Waals surface area contributed by atoms with Gasteiger partial charge < -0.3 is 0 Å². The summed E-state index contributed by atoms with van der Waals surface area (Å²) in [6, 6.07) is 11.5. The smallest absolute Gasteiger partial charge is 0.296 e. The number of carbonyl (C=O) groups is 1. The van der Waals surface area contributed by atoms with Gasteiger partial charge in [0.2, 0.25) is 11.9 Å². The lowest BCUT2D eigenvalue weighted by Gasteiger charge is -2.14. The Bertz CT molecular complexity index is 1140. The number of amides is 1. The number of aromatic amines is 1. The molecule has 0 aliphatic carbocycles. The second-order valence-corrected chi connectivity index (χ2v) is 7.91. The number of benzene rings is 1. The van der Waals surface area contributed by atoms with Gasteiger partial charge in [0.25, 0.3) is 0 Å². The number of hydrogen-bond donors (Lipinski definition) is 2. The molecule has 7 nitrogen and oxygen atoms in total. The molecule has 0 saturated carbocycles. The molecular weight excluding hydrogens is 446 g/mol. The van der Waals surface area contributed by atoms with Gasteiger partial charge in [-0.3, -0.25) is 15.1 Å². The van der Waals surface area contributed by atoms with Crippen LogP contribution in [0.4, 0.5) is 5.95 Å². The average molecular weight is 470 g/mol. The van der Waals surface area contributed by atoms with Gasteiger partial charge in [0.05, 0.1) is 0 Å². The summed E-state index contributed by atoms with van der Waals surface area (Å²) < 4.78 is 1.74. The summed E-state index contributed by atoms with van der Waals surface area (Å²) in [4.78, 5) is 32.4. The van der Waals surface area contributed by atoms with E-state index in [2.05, 4.69) is 44.2 Å². The first-order valence-corrected chi connectivity index (χ1v) is 10.9. The summed E-state index contributed by atoms with van der Waals surface area (Å²) in [5, 5.41) is 12.5. The largest absolute Gasteiger partial charge is 0.334 e. The fourth-order valence-corrected chi connectivity index (χ4v) is 4.28. The molecule has 1 unspecified atom stereocenters. The number of carbonyl (C=O) groups excluding carboxylic acids is 1. The highest BCUT2D eigenvalue weighted by Gasteiger charge is 2.23. The van der Waals surface area contributed by atoms with Crippen molar-refractivity contribution in [2.75, 3.05) is 5.32 Å². The van der Waals surface area contributed by atoms with E-state index in [1.165, 1.54) is 4.40 Å². The van der Waals surface area contributed by atoms with Crippen LogP contribution in [-0.2, 0) is 4.79 Å².